The Hall–Kier alpha value is -3.30. The first-order chi connectivity index (χ1) is 19.8. The number of ether oxygens (including phenoxy) is 1. The number of piperazine rings is 1. The second-order valence-corrected chi connectivity index (χ2v) is 11.8. The van der Waals surface area contributed by atoms with Crippen molar-refractivity contribution in [3.63, 3.8) is 0 Å². The lowest BCUT2D eigenvalue weighted by Gasteiger charge is -2.29. The van der Waals surface area contributed by atoms with Crippen molar-refractivity contribution in [1.82, 2.24) is 19.8 Å². The third-order valence-electron chi connectivity index (χ3n) is 7.16. The number of nitrogens with one attached hydrogen (secondary N) is 1. The summed E-state index contributed by atoms with van der Waals surface area (Å²) < 4.78 is 7.50. The number of nitrogens with zero attached hydrogens (tertiary/aromatic N) is 3. The lowest BCUT2D eigenvalue weighted by Crippen LogP contribution is -2.47. The molecule has 1 aliphatic heterocycles. The van der Waals surface area contributed by atoms with Crippen molar-refractivity contribution in [3.05, 3.63) is 85.6 Å². The highest BCUT2D eigenvalue weighted by molar-refractivity contribution is 7.13. The van der Waals surface area contributed by atoms with Gasteiger partial charge >= 0.3 is 0 Å². The number of allylic oxidation sites excluding steroid dienone is 3. The van der Waals surface area contributed by atoms with Crippen LogP contribution in [0.5, 0.6) is 0 Å². The molecule has 2 aromatic heterocycles. The molecule has 1 N–H and O–H groups in total. The summed E-state index contributed by atoms with van der Waals surface area (Å²) in [5, 5.41) is 6.26. The van der Waals surface area contributed by atoms with Gasteiger partial charge in [0.25, 0.3) is 11.5 Å². The zero-order valence-corrected chi connectivity index (χ0v) is 25.4. The van der Waals surface area contributed by atoms with Gasteiger partial charge in [0.15, 0.2) is 0 Å². The van der Waals surface area contributed by atoms with Gasteiger partial charge in [0.2, 0.25) is 0 Å². The molecule has 214 valence electrons. The molecule has 0 saturated carbocycles. The number of amides is 1. The molecular formula is C32H35ClN4O3S. The summed E-state index contributed by atoms with van der Waals surface area (Å²) in [4.78, 5) is 35.2. The van der Waals surface area contributed by atoms with Gasteiger partial charge in [0.05, 0.1) is 33.7 Å². The number of hydrogen-bond acceptors (Lipinski definition) is 6. The van der Waals surface area contributed by atoms with Gasteiger partial charge in [-0.2, -0.15) is 0 Å². The molecule has 0 bridgehead atoms. The standard InChI is InChI=1S/C32H35ClN4O3S/c1-5-40-23-10-11-26(33)29(17-23)37-28(16-20(2)3)24(31(38)36-14-12-34-13-15-36)18-25(32(37)39)30-35-27(19-41-30)22-8-6-21(4)7-9-22/h6-11,16,18-19,23,34H,5,12-15,17H2,1-4H3/t23-/m0/s1. The van der Waals surface area contributed by atoms with E-state index < -0.39 is 0 Å². The van der Waals surface area contributed by atoms with E-state index in [1.54, 1.807) is 16.7 Å². The molecule has 9 heteroatoms. The van der Waals surface area contributed by atoms with Crippen LogP contribution in [0.4, 0.5) is 0 Å². The van der Waals surface area contributed by atoms with Crippen molar-refractivity contribution in [2.45, 2.75) is 40.2 Å². The van der Waals surface area contributed by atoms with Gasteiger partial charge in [-0.15, -0.1) is 11.3 Å². The second kappa shape index (κ2) is 12.7. The Kier molecular flexibility index (Phi) is 9.04. The maximum atomic E-state index is 14.4. The molecule has 5 rings (SSSR count). The molecule has 1 aliphatic carbocycles. The number of hydrogen-bond donors (Lipinski definition) is 1. The van der Waals surface area contributed by atoms with Gasteiger partial charge in [-0.1, -0.05) is 53.1 Å². The van der Waals surface area contributed by atoms with Crippen molar-refractivity contribution in [2.24, 2.45) is 0 Å². The van der Waals surface area contributed by atoms with Crippen molar-refractivity contribution < 1.29 is 9.53 Å². The molecule has 3 aromatic rings. The van der Waals surface area contributed by atoms with Gasteiger partial charge in [-0.25, -0.2) is 4.98 Å². The van der Waals surface area contributed by atoms with E-state index in [2.05, 4.69) is 5.32 Å². The molecule has 1 fully saturated rings. The molecule has 3 heterocycles. The first-order valence-corrected chi connectivity index (χ1v) is 15.2. The maximum Gasteiger partial charge on any atom is 0.265 e. The summed E-state index contributed by atoms with van der Waals surface area (Å²) in [6, 6.07) is 9.86. The molecule has 0 radical (unpaired) electrons. The molecule has 2 aliphatic rings. The van der Waals surface area contributed by atoms with E-state index >= 15 is 0 Å². The van der Waals surface area contributed by atoms with Gasteiger partial charge in [-0.05, 0) is 45.9 Å². The Morgan fingerprint density at radius 2 is 1.95 bits per heavy atom. The van der Waals surface area contributed by atoms with Crippen molar-refractivity contribution in [1.29, 1.82) is 0 Å². The Labute approximate surface area is 249 Å². The topological polar surface area (TPSA) is 76.5 Å². The number of benzene rings is 1. The Morgan fingerprint density at radius 3 is 2.63 bits per heavy atom. The third kappa shape index (κ3) is 6.31. The Morgan fingerprint density at radius 1 is 1.22 bits per heavy atom. The number of carbonyl (C=O) groups is 1. The number of aryl methyl sites for hydroxylation is 1. The largest absolute Gasteiger partial charge is 0.374 e. The average molecular weight is 591 g/mol. The van der Waals surface area contributed by atoms with E-state index in [-0.39, 0.29) is 17.6 Å². The monoisotopic (exact) mass is 590 g/mol. The van der Waals surface area contributed by atoms with E-state index in [0.29, 0.717) is 58.7 Å². The molecule has 7 nitrogen and oxygen atoms in total. The van der Waals surface area contributed by atoms with Crippen LogP contribution in [0.15, 0.2) is 63.3 Å². The SMILES string of the molecule is CCO[C@H]1C=CC(Cl)=C(n2c(C=C(C)C)c(C(=O)N3CCNCC3)cc(-c3nc(-c4ccc(C)cc4)cs3)c2=O)C1. The second-order valence-electron chi connectivity index (χ2n) is 10.5. The number of pyridine rings is 1. The fourth-order valence-corrected chi connectivity index (χ4v) is 6.17. The summed E-state index contributed by atoms with van der Waals surface area (Å²) in [5.74, 6) is -0.117. The molecule has 1 atom stereocenters. The van der Waals surface area contributed by atoms with Crippen LogP contribution in [-0.4, -0.2) is 59.2 Å². The van der Waals surface area contributed by atoms with Crippen LogP contribution in [-0.2, 0) is 4.74 Å². The van der Waals surface area contributed by atoms with E-state index in [0.717, 1.165) is 35.5 Å². The number of aromatic nitrogens is 2. The lowest BCUT2D eigenvalue weighted by atomic mass is 10.0. The summed E-state index contributed by atoms with van der Waals surface area (Å²) in [5.41, 5.74) is 5.57. The molecule has 1 saturated heterocycles. The van der Waals surface area contributed by atoms with Crippen molar-refractivity contribution in [3.8, 4) is 21.8 Å². The highest BCUT2D eigenvalue weighted by Gasteiger charge is 2.29. The number of carbonyl (C=O) groups excluding carboxylic acids is 1. The van der Waals surface area contributed by atoms with Crippen molar-refractivity contribution >= 4 is 40.6 Å². The fourth-order valence-electron chi connectivity index (χ4n) is 5.10. The minimum Gasteiger partial charge on any atom is -0.374 e. The summed E-state index contributed by atoms with van der Waals surface area (Å²) in [7, 11) is 0. The molecule has 41 heavy (non-hydrogen) atoms. The fraction of sp³-hybridized carbons (Fsp3) is 0.344. The van der Waals surface area contributed by atoms with Gasteiger partial charge in [0, 0.05) is 55.8 Å². The van der Waals surface area contributed by atoms with Gasteiger partial charge < -0.3 is 15.0 Å². The zero-order chi connectivity index (χ0) is 29.1. The molecule has 0 unspecified atom stereocenters. The van der Waals surface area contributed by atoms with E-state index in [1.807, 2.05) is 74.4 Å². The smallest absolute Gasteiger partial charge is 0.265 e. The minimum atomic E-state index is -0.266. The predicted molar refractivity (Wildman–Crippen MR) is 168 cm³/mol. The van der Waals surface area contributed by atoms with Crippen LogP contribution in [0, 0.1) is 6.92 Å². The van der Waals surface area contributed by atoms with Crippen LogP contribution in [0.3, 0.4) is 0 Å². The zero-order valence-electron chi connectivity index (χ0n) is 23.9. The predicted octanol–water partition coefficient (Wildman–Crippen LogP) is 6.19. The van der Waals surface area contributed by atoms with Crippen LogP contribution >= 0.6 is 22.9 Å². The molecule has 0 spiro atoms. The highest BCUT2D eigenvalue weighted by atomic mass is 35.5. The Bertz CT molecular complexity index is 1590. The first kappa shape index (κ1) is 29.2. The number of thiazole rings is 1. The average Bonchev–Trinajstić information content (AvgIpc) is 3.45. The van der Waals surface area contributed by atoms with E-state index in [9.17, 15) is 9.59 Å². The molecule has 1 aromatic carbocycles. The van der Waals surface area contributed by atoms with Crippen molar-refractivity contribution in [2.75, 3.05) is 32.8 Å². The normalized spacial score (nSPS) is 17.2. The maximum absolute atomic E-state index is 14.4. The first-order valence-electron chi connectivity index (χ1n) is 13.9. The van der Waals surface area contributed by atoms with Crippen LogP contribution in [0.1, 0.15) is 48.8 Å². The van der Waals surface area contributed by atoms with Crippen LogP contribution < -0.4 is 10.9 Å². The van der Waals surface area contributed by atoms with E-state index in [4.69, 9.17) is 21.3 Å². The number of rotatable bonds is 7. The van der Waals surface area contributed by atoms with Gasteiger partial charge in [-0.3, -0.25) is 14.2 Å². The Balaban J connectivity index is 1.74. The minimum absolute atomic E-state index is 0.117. The third-order valence-corrected chi connectivity index (χ3v) is 8.38. The molecule has 1 amide bonds. The van der Waals surface area contributed by atoms with Crippen LogP contribution in [0.2, 0.25) is 0 Å². The van der Waals surface area contributed by atoms with E-state index in [1.165, 1.54) is 11.3 Å². The lowest BCUT2D eigenvalue weighted by molar-refractivity contribution is 0.0735. The number of halogens is 1. The summed E-state index contributed by atoms with van der Waals surface area (Å²) >= 11 is 8.17. The molecular weight excluding hydrogens is 556 g/mol. The summed E-state index contributed by atoms with van der Waals surface area (Å²) in [6.45, 7) is 11.0. The van der Waals surface area contributed by atoms with Gasteiger partial charge in [0.1, 0.15) is 5.01 Å². The summed E-state index contributed by atoms with van der Waals surface area (Å²) in [6.07, 6.45) is 5.76. The highest BCUT2D eigenvalue weighted by Crippen LogP contribution is 2.33. The van der Waals surface area contributed by atoms with Crippen LogP contribution in [0.25, 0.3) is 33.6 Å². The quantitative estimate of drug-likeness (QED) is 0.355.